The van der Waals surface area contributed by atoms with Gasteiger partial charge in [-0.3, -0.25) is 9.67 Å². The molecule has 18 heavy (non-hydrogen) atoms. The van der Waals surface area contributed by atoms with Gasteiger partial charge in [0, 0.05) is 30.0 Å². The standard InChI is InChI=1S/C14H14N4/c1-10-7-14(17-11-8-15-18(2)9-11)12-5-3-4-6-13(12)16-10/h3-9H,1-2H3,(H,16,17). The van der Waals surface area contributed by atoms with E-state index >= 15 is 0 Å². The third-order valence-electron chi connectivity index (χ3n) is 2.83. The number of para-hydroxylation sites is 1. The van der Waals surface area contributed by atoms with Gasteiger partial charge in [0.25, 0.3) is 0 Å². The lowest BCUT2D eigenvalue weighted by Crippen LogP contribution is -1.93. The SMILES string of the molecule is Cc1cc(Nc2cnn(C)c2)c2ccccc2n1. The van der Waals surface area contributed by atoms with Crippen molar-refractivity contribution < 1.29 is 0 Å². The Bertz CT molecular complexity index is 700. The number of aryl methyl sites for hydroxylation is 2. The molecule has 0 aliphatic heterocycles. The molecule has 4 heteroatoms. The number of hydrogen-bond donors (Lipinski definition) is 1. The van der Waals surface area contributed by atoms with E-state index in [1.54, 1.807) is 4.68 Å². The molecule has 0 spiro atoms. The average Bonchev–Trinajstić information content (AvgIpc) is 2.74. The maximum Gasteiger partial charge on any atom is 0.0770 e. The summed E-state index contributed by atoms with van der Waals surface area (Å²) in [5.74, 6) is 0. The van der Waals surface area contributed by atoms with Gasteiger partial charge in [-0.1, -0.05) is 18.2 Å². The van der Waals surface area contributed by atoms with E-state index in [-0.39, 0.29) is 0 Å². The predicted molar refractivity (Wildman–Crippen MR) is 73.0 cm³/mol. The lowest BCUT2D eigenvalue weighted by Gasteiger charge is -2.08. The molecule has 0 saturated heterocycles. The van der Waals surface area contributed by atoms with Crippen LogP contribution in [0.2, 0.25) is 0 Å². The van der Waals surface area contributed by atoms with Crippen LogP contribution in [0.25, 0.3) is 10.9 Å². The molecule has 0 radical (unpaired) electrons. The topological polar surface area (TPSA) is 42.7 Å². The maximum atomic E-state index is 4.52. The van der Waals surface area contributed by atoms with Crippen molar-refractivity contribution in [1.29, 1.82) is 0 Å². The van der Waals surface area contributed by atoms with Crippen LogP contribution in [-0.4, -0.2) is 14.8 Å². The maximum absolute atomic E-state index is 4.52. The van der Waals surface area contributed by atoms with Crippen molar-refractivity contribution in [1.82, 2.24) is 14.8 Å². The minimum Gasteiger partial charge on any atom is -0.352 e. The van der Waals surface area contributed by atoms with Crippen molar-refractivity contribution in [3.63, 3.8) is 0 Å². The van der Waals surface area contributed by atoms with Crippen molar-refractivity contribution >= 4 is 22.3 Å². The zero-order chi connectivity index (χ0) is 12.5. The first-order valence-corrected chi connectivity index (χ1v) is 5.84. The minimum atomic E-state index is 0.980. The van der Waals surface area contributed by atoms with Crippen LogP contribution in [0.5, 0.6) is 0 Å². The second-order valence-electron chi connectivity index (χ2n) is 4.36. The third kappa shape index (κ3) is 1.93. The largest absolute Gasteiger partial charge is 0.352 e. The number of hydrogen-bond acceptors (Lipinski definition) is 3. The Morgan fingerprint density at radius 2 is 2.06 bits per heavy atom. The number of benzene rings is 1. The van der Waals surface area contributed by atoms with Gasteiger partial charge in [-0.15, -0.1) is 0 Å². The van der Waals surface area contributed by atoms with E-state index in [2.05, 4.69) is 27.5 Å². The number of fused-ring (bicyclic) bond motifs is 1. The first-order valence-electron chi connectivity index (χ1n) is 5.84. The van der Waals surface area contributed by atoms with E-state index in [0.29, 0.717) is 0 Å². The molecule has 2 aromatic heterocycles. The quantitative estimate of drug-likeness (QED) is 0.746. The number of pyridine rings is 1. The molecule has 0 amide bonds. The Morgan fingerprint density at radius 1 is 1.22 bits per heavy atom. The van der Waals surface area contributed by atoms with Gasteiger partial charge in [-0.05, 0) is 19.1 Å². The second kappa shape index (κ2) is 4.14. The van der Waals surface area contributed by atoms with Crippen LogP contribution < -0.4 is 5.32 Å². The Balaban J connectivity index is 2.10. The van der Waals surface area contributed by atoms with E-state index in [4.69, 9.17) is 0 Å². The van der Waals surface area contributed by atoms with E-state index in [9.17, 15) is 0 Å². The van der Waals surface area contributed by atoms with Crippen LogP contribution in [0.15, 0.2) is 42.7 Å². The van der Waals surface area contributed by atoms with Gasteiger partial charge in [0.1, 0.15) is 0 Å². The van der Waals surface area contributed by atoms with Crippen molar-refractivity contribution in [2.75, 3.05) is 5.32 Å². The third-order valence-corrected chi connectivity index (χ3v) is 2.83. The molecule has 0 fully saturated rings. The number of anilines is 2. The molecule has 3 rings (SSSR count). The fourth-order valence-corrected chi connectivity index (χ4v) is 2.05. The van der Waals surface area contributed by atoms with Gasteiger partial charge in [0.2, 0.25) is 0 Å². The van der Waals surface area contributed by atoms with Crippen molar-refractivity contribution in [2.24, 2.45) is 7.05 Å². The highest BCUT2D eigenvalue weighted by Crippen LogP contribution is 2.25. The van der Waals surface area contributed by atoms with Crippen molar-refractivity contribution in [3.05, 3.63) is 48.4 Å². The minimum absolute atomic E-state index is 0.980. The fraction of sp³-hybridized carbons (Fsp3) is 0.143. The zero-order valence-corrected chi connectivity index (χ0v) is 10.4. The van der Waals surface area contributed by atoms with Gasteiger partial charge in [0.05, 0.1) is 17.4 Å². The molecule has 0 bridgehead atoms. The highest BCUT2D eigenvalue weighted by atomic mass is 15.3. The van der Waals surface area contributed by atoms with Gasteiger partial charge < -0.3 is 5.32 Å². The van der Waals surface area contributed by atoms with Crippen LogP contribution in [0.3, 0.4) is 0 Å². The molecular formula is C14H14N4. The molecule has 90 valence electrons. The highest BCUT2D eigenvalue weighted by Gasteiger charge is 2.04. The van der Waals surface area contributed by atoms with Crippen LogP contribution in [-0.2, 0) is 7.05 Å². The fourth-order valence-electron chi connectivity index (χ4n) is 2.05. The van der Waals surface area contributed by atoms with Crippen LogP contribution >= 0.6 is 0 Å². The van der Waals surface area contributed by atoms with Crippen LogP contribution in [0.4, 0.5) is 11.4 Å². The molecule has 1 N–H and O–H groups in total. The van der Waals surface area contributed by atoms with E-state index in [1.165, 1.54) is 0 Å². The molecule has 1 aromatic carbocycles. The monoisotopic (exact) mass is 238 g/mol. The van der Waals surface area contributed by atoms with E-state index in [0.717, 1.165) is 28.0 Å². The molecule has 0 unspecified atom stereocenters. The van der Waals surface area contributed by atoms with Gasteiger partial charge in [-0.2, -0.15) is 5.10 Å². The van der Waals surface area contributed by atoms with Crippen LogP contribution in [0.1, 0.15) is 5.69 Å². The Hall–Kier alpha value is -2.36. The Morgan fingerprint density at radius 3 is 2.83 bits per heavy atom. The second-order valence-corrected chi connectivity index (χ2v) is 4.36. The summed E-state index contributed by atoms with van der Waals surface area (Å²) in [6.07, 6.45) is 3.76. The molecule has 0 saturated carbocycles. The Kier molecular flexibility index (Phi) is 2.48. The molecule has 0 atom stereocenters. The van der Waals surface area contributed by atoms with Crippen molar-refractivity contribution in [2.45, 2.75) is 6.92 Å². The summed E-state index contributed by atoms with van der Waals surface area (Å²) in [5.41, 5.74) is 4.04. The predicted octanol–water partition coefficient (Wildman–Crippen LogP) is 3.02. The summed E-state index contributed by atoms with van der Waals surface area (Å²) in [4.78, 5) is 4.52. The molecule has 4 nitrogen and oxygen atoms in total. The smallest absolute Gasteiger partial charge is 0.0770 e. The summed E-state index contributed by atoms with van der Waals surface area (Å²) < 4.78 is 1.78. The lowest BCUT2D eigenvalue weighted by molar-refractivity contribution is 0.768. The molecular weight excluding hydrogens is 224 g/mol. The Labute approximate surface area is 105 Å². The highest BCUT2D eigenvalue weighted by molar-refractivity contribution is 5.93. The van der Waals surface area contributed by atoms with E-state index < -0.39 is 0 Å². The average molecular weight is 238 g/mol. The van der Waals surface area contributed by atoms with E-state index in [1.807, 2.05) is 44.6 Å². The van der Waals surface area contributed by atoms with Gasteiger partial charge in [0.15, 0.2) is 0 Å². The van der Waals surface area contributed by atoms with Gasteiger partial charge >= 0.3 is 0 Å². The van der Waals surface area contributed by atoms with Crippen LogP contribution in [0, 0.1) is 6.92 Å². The zero-order valence-electron chi connectivity index (χ0n) is 10.4. The normalized spacial score (nSPS) is 10.8. The molecule has 3 aromatic rings. The number of nitrogens with one attached hydrogen (secondary N) is 1. The summed E-state index contributed by atoms with van der Waals surface area (Å²) in [6, 6.07) is 10.2. The first-order chi connectivity index (χ1) is 8.72. The summed E-state index contributed by atoms with van der Waals surface area (Å²) in [6.45, 7) is 2.00. The van der Waals surface area contributed by atoms with Crippen molar-refractivity contribution in [3.8, 4) is 0 Å². The summed E-state index contributed by atoms with van der Waals surface area (Å²) >= 11 is 0. The number of aromatic nitrogens is 3. The lowest BCUT2D eigenvalue weighted by atomic mass is 10.1. The molecule has 0 aliphatic rings. The molecule has 2 heterocycles. The van der Waals surface area contributed by atoms with Gasteiger partial charge in [-0.25, -0.2) is 0 Å². The summed E-state index contributed by atoms with van der Waals surface area (Å²) in [7, 11) is 1.90. The number of nitrogens with zero attached hydrogens (tertiary/aromatic N) is 3. The summed E-state index contributed by atoms with van der Waals surface area (Å²) in [5, 5.41) is 8.66. The number of rotatable bonds is 2. The first kappa shape index (κ1) is 10.8. The molecule has 0 aliphatic carbocycles.